The molecule has 4 rings (SSSR count). The molecule has 1 amide bonds. The molecular formula is C19H19N5OS. The number of aryl methyl sites for hydroxylation is 3. The Kier molecular flexibility index (Phi) is 4.16. The molecule has 1 N–H and O–H groups in total. The number of benzene rings is 1. The van der Waals surface area contributed by atoms with Crippen LogP contribution in [0.15, 0.2) is 29.6 Å². The quantitative estimate of drug-likeness (QED) is 0.596. The Morgan fingerprint density at radius 3 is 2.77 bits per heavy atom. The lowest BCUT2D eigenvalue weighted by atomic mass is 10.1. The summed E-state index contributed by atoms with van der Waals surface area (Å²) in [5.74, 6) is -0.0381. The number of aromatic nitrogens is 4. The molecule has 0 atom stereocenters. The van der Waals surface area contributed by atoms with Crippen molar-refractivity contribution >= 4 is 38.9 Å². The molecule has 0 saturated carbocycles. The molecule has 0 saturated heterocycles. The van der Waals surface area contributed by atoms with Gasteiger partial charge in [0.2, 0.25) is 5.91 Å². The molecule has 0 spiro atoms. The minimum Gasteiger partial charge on any atom is -0.302 e. The number of fused-ring (bicyclic) bond motifs is 3. The normalized spacial score (nSPS) is 11.3. The lowest BCUT2D eigenvalue weighted by Crippen LogP contribution is -2.14. The van der Waals surface area contributed by atoms with Crippen molar-refractivity contribution in [2.75, 3.05) is 5.32 Å². The Morgan fingerprint density at radius 2 is 2.00 bits per heavy atom. The topological polar surface area (TPSA) is 72.2 Å². The van der Waals surface area contributed by atoms with Crippen LogP contribution in [0.25, 0.3) is 16.6 Å². The summed E-state index contributed by atoms with van der Waals surface area (Å²) in [5, 5.41) is 11.1. The van der Waals surface area contributed by atoms with E-state index in [0.29, 0.717) is 18.0 Å². The minimum atomic E-state index is -0.0381. The molecule has 0 aliphatic heterocycles. The maximum absolute atomic E-state index is 12.2. The van der Waals surface area contributed by atoms with E-state index >= 15 is 0 Å². The van der Waals surface area contributed by atoms with Gasteiger partial charge in [-0.2, -0.15) is 5.10 Å². The van der Waals surface area contributed by atoms with Crippen LogP contribution >= 0.6 is 11.3 Å². The van der Waals surface area contributed by atoms with Gasteiger partial charge in [-0.05, 0) is 44.9 Å². The summed E-state index contributed by atoms with van der Waals surface area (Å²) in [4.78, 5) is 21.2. The van der Waals surface area contributed by atoms with E-state index in [1.54, 1.807) is 0 Å². The van der Waals surface area contributed by atoms with Crippen LogP contribution in [0, 0.1) is 20.8 Å². The first-order valence-corrected chi connectivity index (χ1v) is 9.36. The Morgan fingerprint density at radius 1 is 1.19 bits per heavy atom. The van der Waals surface area contributed by atoms with E-state index in [0.717, 1.165) is 39.2 Å². The van der Waals surface area contributed by atoms with E-state index in [4.69, 9.17) is 4.98 Å². The van der Waals surface area contributed by atoms with E-state index in [-0.39, 0.29) is 5.91 Å². The van der Waals surface area contributed by atoms with Gasteiger partial charge in [-0.3, -0.25) is 4.79 Å². The predicted octanol–water partition coefficient (Wildman–Crippen LogP) is 3.84. The van der Waals surface area contributed by atoms with Crippen molar-refractivity contribution in [3.63, 3.8) is 0 Å². The molecule has 0 radical (unpaired) electrons. The van der Waals surface area contributed by atoms with Crippen LogP contribution in [0.4, 0.5) is 5.13 Å². The van der Waals surface area contributed by atoms with Gasteiger partial charge in [0.05, 0.1) is 11.2 Å². The molecule has 0 aliphatic rings. The van der Waals surface area contributed by atoms with Crippen molar-refractivity contribution < 1.29 is 4.79 Å². The minimum absolute atomic E-state index is 0.0381. The van der Waals surface area contributed by atoms with Crippen LogP contribution in [0.1, 0.15) is 29.1 Å². The third-order valence-corrected chi connectivity index (χ3v) is 5.36. The van der Waals surface area contributed by atoms with Crippen LogP contribution in [-0.4, -0.2) is 25.5 Å². The zero-order chi connectivity index (χ0) is 18.3. The average molecular weight is 365 g/mol. The van der Waals surface area contributed by atoms with Gasteiger partial charge in [-0.1, -0.05) is 12.1 Å². The number of carbonyl (C=O) groups excluding carboxylic acids is 1. The van der Waals surface area contributed by atoms with Crippen molar-refractivity contribution in [1.29, 1.82) is 0 Å². The largest absolute Gasteiger partial charge is 0.302 e. The van der Waals surface area contributed by atoms with Gasteiger partial charge in [0.15, 0.2) is 10.8 Å². The smallest absolute Gasteiger partial charge is 0.226 e. The first-order chi connectivity index (χ1) is 12.5. The monoisotopic (exact) mass is 365 g/mol. The fourth-order valence-corrected chi connectivity index (χ4v) is 3.87. The first kappa shape index (κ1) is 16.7. The van der Waals surface area contributed by atoms with Crippen LogP contribution < -0.4 is 5.32 Å². The highest BCUT2D eigenvalue weighted by Gasteiger charge is 2.15. The summed E-state index contributed by atoms with van der Waals surface area (Å²) in [6, 6.07) is 7.99. The van der Waals surface area contributed by atoms with Gasteiger partial charge >= 0.3 is 0 Å². The molecule has 4 aromatic rings. The second kappa shape index (κ2) is 6.49. The molecule has 0 bridgehead atoms. The van der Waals surface area contributed by atoms with E-state index in [9.17, 15) is 4.79 Å². The molecular weight excluding hydrogens is 346 g/mol. The van der Waals surface area contributed by atoms with E-state index in [1.807, 2.05) is 54.9 Å². The molecule has 1 aromatic carbocycles. The van der Waals surface area contributed by atoms with Gasteiger partial charge in [-0.15, -0.1) is 11.3 Å². The molecule has 7 heteroatoms. The van der Waals surface area contributed by atoms with Gasteiger partial charge in [0.1, 0.15) is 0 Å². The van der Waals surface area contributed by atoms with Crippen LogP contribution in [0.5, 0.6) is 0 Å². The Balaban J connectivity index is 1.60. The fourth-order valence-electron chi connectivity index (χ4n) is 3.17. The number of rotatable bonds is 4. The second-order valence-electron chi connectivity index (χ2n) is 6.36. The fraction of sp³-hybridized carbons (Fsp3) is 0.263. The number of nitrogens with one attached hydrogen (secondary N) is 1. The number of nitrogens with zero attached hydrogens (tertiary/aromatic N) is 4. The number of carbonyl (C=O) groups is 1. The first-order valence-electron chi connectivity index (χ1n) is 8.48. The van der Waals surface area contributed by atoms with Gasteiger partial charge in [0, 0.05) is 28.6 Å². The van der Waals surface area contributed by atoms with E-state index in [1.165, 1.54) is 11.3 Å². The van der Waals surface area contributed by atoms with Crippen LogP contribution in [-0.2, 0) is 11.2 Å². The van der Waals surface area contributed by atoms with Crippen molar-refractivity contribution in [3.8, 4) is 0 Å². The molecule has 26 heavy (non-hydrogen) atoms. The van der Waals surface area contributed by atoms with Gasteiger partial charge in [0.25, 0.3) is 0 Å². The molecule has 0 aliphatic carbocycles. The molecule has 0 unspecified atom stereocenters. The summed E-state index contributed by atoms with van der Waals surface area (Å²) in [7, 11) is 0. The van der Waals surface area contributed by atoms with E-state index in [2.05, 4.69) is 15.4 Å². The van der Waals surface area contributed by atoms with Crippen molar-refractivity contribution in [1.82, 2.24) is 19.6 Å². The highest BCUT2D eigenvalue weighted by molar-refractivity contribution is 7.13. The van der Waals surface area contributed by atoms with Crippen LogP contribution in [0.2, 0.25) is 0 Å². The number of thiazole rings is 1. The molecule has 0 fully saturated rings. The molecule has 3 heterocycles. The van der Waals surface area contributed by atoms with Gasteiger partial charge in [-0.25, -0.2) is 14.5 Å². The Bertz CT molecular complexity index is 1130. The Hall–Kier alpha value is -2.80. The standard InChI is InChI=1S/C19H19N5OS/c1-11-10-26-19(20-11)22-17(25)9-8-14-12(2)21-18-15-6-4-5-7-16(15)23-24(18)13(14)3/h4-7,10H,8-9H2,1-3H3,(H,20,22,25). The van der Waals surface area contributed by atoms with Crippen molar-refractivity contribution in [3.05, 3.63) is 52.3 Å². The van der Waals surface area contributed by atoms with Crippen LogP contribution in [0.3, 0.4) is 0 Å². The molecule has 3 aromatic heterocycles. The lowest BCUT2D eigenvalue weighted by molar-refractivity contribution is -0.116. The highest BCUT2D eigenvalue weighted by Crippen LogP contribution is 2.23. The SMILES string of the molecule is Cc1csc(NC(=O)CCc2c(C)nc3c4ccccc4nn3c2C)n1. The van der Waals surface area contributed by atoms with Crippen molar-refractivity contribution in [2.45, 2.75) is 33.6 Å². The number of amides is 1. The highest BCUT2D eigenvalue weighted by atomic mass is 32.1. The number of hydrogen-bond acceptors (Lipinski definition) is 5. The predicted molar refractivity (Wildman–Crippen MR) is 104 cm³/mol. The van der Waals surface area contributed by atoms with Gasteiger partial charge < -0.3 is 5.32 Å². The Labute approximate surface area is 154 Å². The molecule has 6 nitrogen and oxygen atoms in total. The maximum atomic E-state index is 12.2. The number of anilines is 1. The summed E-state index contributed by atoms with van der Waals surface area (Å²) >= 11 is 1.44. The summed E-state index contributed by atoms with van der Waals surface area (Å²) in [6.45, 7) is 5.94. The van der Waals surface area contributed by atoms with Crippen molar-refractivity contribution in [2.24, 2.45) is 0 Å². The summed E-state index contributed by atoms with van der Waals surface area (Å²) in [6.07, 6.45) is 1.00. The summed E-state index contributed by atoms with van der Waals surface area (Å²) < 4.78 is 1.88. The zero-order valence-electron chi connectivity index (χ0n) is 14.9. The third-order valence-electron chi connectivity index (χ3n) is 4.49. The zero-order valence-corrected chi connectivity index (χ0v) is 15.7. The maximum Gasteiger partial charge on any atom is 0.226 e. The second-order valence-corrected chi connectivity index (χ2v) is 7.21. The third kappa shape index (κ3) is 2.94. The molecule has 132 valence electrons. The summed E-state index contributed by atoms with van der Waals surface area (Å²) in [5.41, 5.74) is 5.74. The van der Waals surface area contributed by atoms with E-state index < -0.39 is 0 Å². The number of hydrogen-bond donors (Lipinski definition) is 1. The lowest BCUT2D eigenvalue weighted by Gasteiger charge is -2.11. The average Bonchev–Trinajstić information content (AvgIpc) is 3.18.